The van der Waals surface area contributed by atoms with Crippen LogP contribution in [-0.2, 0) is 10.0 Å². The maximum Gasteiger partial charge on any atom is 0.229 e. The topological polar surface area (TPSA) is 84.2 Å². The molecule has 3 aromatic carbocycles. The first kappa shape index (κ1) is 18.0. The fourth-order valence-corrected chi connectivity index (χ4v) is 3.58. The molecule has 0 unspecified atom stereocenters. The normalized spacial score (nSPS) is 11.6. The van der Waals surface area contributed by atoms with Crippen LogP contribution in [0.15, 0.2) is 66.9 Å². The van der Waals surface area contributed by atoms with Crippen LogP contribution in [0.1, 0.15) is 0 Å². The SMILES string of the molecule is CS(=O)(=O)Nc1cccc(-c2ccc3c(cnn3-c3ccc(F)c(O)c3)c2)c1. The van der Waals surface area contributed by atoms with Crippen molar-refractivity contribution < 1.29 is 17.9 Å². The number of fused-ring (bicyclic) bond motifs is 1. The third-order valence-electron chi connectivity index (χ3n) is 4.24. The van der Waals surface area contributed by atoms with Gasteiger partial charge in [0.1, 0.15) is 0 Å². The van der Waals surface area contributed by atoms with Crippen molar-refractivity contribution >= 4 is 26.6 Å². The van der Waals surface area contributed by atoms with Gasteiger partial charge in [0.2, 0.25) is 10.0 Å². The predicted molar refractivity (Wildman–Crippen MR) is 107 cm³/mol. The Morgan fingerprint density at radius 1 is 1.04 bits per heavy atom. The molecule has 0 fully saturated rings. The number of phenolic OH excluding ortho intramolecular Hbond substituents is 1. The van der Waals surface area contributed by atoms with Gasteiger partial charge >= 0.3 is 0 Å². The molecule has 8 heteroatoms. The van der Waals surface area contributed by atoms with Crippen molar-refractivity contribution in [2.75, 3.05) is 11.0 Å². The molecule has 0 atom stereocenters. The Bertz CT molecular complexity index is 1300. The van der Waals surface area contributed by atoms with Crippen LogP contribution in [-0.4, -0.2) is 29.6 Å². The van der Waals surface area contributed by atoms with Crippen molar-refractivity contribution in [2.24, 2.45) is 0 Å². The summed E-state index contributed by atoms with van der Waals surface area (Å²) in [6, 6.07) is 16.8. The number of aromatic nitrogens is 2. The number of hydrogen-bond donors (Lipinski definition) is 2. The summed E-state index contributed by atoms with van der Waals surface area (Å²) in [6.45, 7) is 0. The Labute approximate surface area is 160 Å². The van der Waals surface area contributed by atoms with E-state index in [4.69, 9.17) is 0 Å². The molecule has 0 bridgehead atoms. The highest BCUT2D eigenvalue weighted by molar-refractivity contribution is 7.92. The van der Waals surface area contributed by atoms with Gasteiger partial charge in [-0.3, -0.25) is 4.72 Å². The number of benzene rings is 3. The van der Waals surface area contributed by atoms with E-state index in [1.165, 1.54) is 18.2 Å². The molecule has 2 N–H and O–H groups in total. The van der Waals surface area contributed by atoms with Gasteiger partial charge in [-0.2, -0.15) is 5.10 Å². The largest absolute Gasteiger partial charge is 0.505 e. The highest BCUT2D eigenvalue weighted by Crippen LogP contribution is 2.28. The first-order valence-corrected chi connectivity index (χ1v) is 10.2. The van der Waals surface area contributed by atoms with Crippen LogP contribution in [0.2, 0.25) is 0 Å². The molecule has 4 aromatic rings. The lowest BCUT2D eigenvalue weighted by atomic mass is 10.0. The van der Waals surface area contributed by atoms with Gasteiger partial charge in [-0.05, 0) is 47.5 Å². The van der Waals surface area contributed by atoms with Gasteiger partial charge in [-0.15, -0.1) is 0 Å². The zero-order valence-corrected chi connectivity index (χ0v) is 15.6. The molecule has 4 rings (SSSR count). The molecule has 0 saturated carbocycles. The number of nitrogens with one attached hydrogen (secondary N) is 1. The van der Waals surface area contributed by atoms with E-state index in [0.717, 1.165) is 28.3 Å². The number of sulfonamides is 1. The van der Waals surface area contributed by atoms with Crippen LogP contribution < -0.4 is 4.72 Å². The highest BCUT2D eigenvalue weighted by Gasteiger charge is 2.10. The summed E-state index contributed by atoms with van der Waals surface area (Å²) >= 11 is 0. The second-order valence-electron chi connectivity index (χ2n) is 6.42. The lowest BCUT2D eigenvalue weighted by Gasteiger charge is -2.08. The Morgan fingerprint density at radius 3 is 2.57 bits per heavy atom. The average molecular weight is 397 g/mol. The van der Waals surface area contributed by atoms with Crippen LogP contribution in [0.3, 0.4) is 0 Å². The zero-order chi connectivity index (χ0) is 19.9. The van der Waals surface area contributed by atoms with Crippen LogP contribution >= 0.6 is 0 Å². The Hall–Kier alpha value is -3.39. The molecule has 0 aliphatic carbocycles. The summed E-state index contributed by atoms with van der Waals surface area (Å²) in [6.07, 6.45) is 2.78. The third-order valence-corrected chi connectivity index (χ3v) is 4.85. The van der Waals surface area contributed by atoms with Crippen molar-refractivity contribution in [1.29, 1.82) is 0 Å². The number of halogens is 1. The Kier molecular flexibility index (Phi) is 4.27. The van der Waals surface area contributed by atoms with Crippen molar-refractivity contribution in [1.82, 2.24) is 9.78 Å². The summed E-state index contributed by atoms with van der Waals surface area (Å²) in [7, 11) is -3.36. The molecule has 0 aliphatic rings. The van der Waals surface area contributed by atoms with E-state index in [2.05, 4.69) is 9.82 Å². The number of anilines is 1. The average Bonchev–Trinajstić information content (AvgIpc) is 3.06. The maximum absolute atomic E-state index is 13.3. The molecule has 28 heavy (non-hydrogen) atoms. The monoisotopic (exact) mass is 397 g/mol. The van der Waals surface area contributed by atoms with Gasteiger partial charge in [-0.25, -0.2) is 17.5 Å². The molecule has 0 radical (unpaired) electrons. The van der Waals surface area contributed by atoms with Gasteiger partial charge in [0.15, 0.2) is 11.6 Å². The number of hydrogen-bond acceptors (Lipinski definition) is 4. The van der Waals surface area contributed by atoms with Crippen molar-refractivity contribution in [3.8, 4) is 22.6 Å². The molecule has 0 spiro atoms. The molecular formula is C20H16FN3O3S. The molecule has 0 saturated heterocycles. The first-order valence-electron chi connectivity index (χ1n) is 8.35. The van der Waals surface area contributed by atoms with Crippen LogP contribution in [0.4, 0.5) is 10.1 Å². The minimum absolute atomic E-state index is 0.437. The summed E-state index contributed by atoms with van der Waals surface area (Å²) in [5.74, 6) is -1.13. The van der Waals surface area contributed by atoms with E-state index in [1.807, 2.05) is 24.3 Å². The molecule has 6 nitrogen and oxygen atoms in total. The van der Waals surface area contributed by atoms with Gasteiger partial charge < -0.3 is 5.11 Å². The molecular weight excluding hydrogens is 381 g/mol. The quantitative estimate of drug-likeness (QED) is 0.547. The molecule has 1 aromatic heterocycles. The maximum atomic E-state index is 13.3. The molecule has 1 heterocycles. The summed E-state index contributed by atoms with van der Waals surface area (Å²) in [4.78, 5) is 0. The molecule has 0 amide bonds. The van der Waals surface area contributed by atoms with E-state index in [-0.39, 0.29) is 0 Å². The fourth-order valence-electron chi connectivity index (χ4n) is 3.03. The Balaban J connectivity index is 1.74. The fraction of sp³-hybridized carbons (Fsp3) is 0.0500. The standard InChI is InChI=1S/C20H16FN3O3S/c1-28(26,27)23-16-4-2-3-13(10-16)14-5-8-19-15(9-14)12-22-24(19)17-6-7-18(21)20(25)11-17/h2-12,23,25H,1H3. The second-order valence-corrected chi connectivity index (χ2v) is 8.17. The van der Waals surface area contributed by atoms with Gasteiger partial charge in [0.25, 0.3) is 0 Å². The van der Waals surface area contributed by atoms with Gasteiger partial charge in [-0.1, -0.05) is 18.2 Å². The van der Waals surface area contributed by atoms with Crippen LogP contribution in [0.25, 0.3) is 27.7 Å². The minimum Gasteiger partial charge on any atom is -0.505 e. The van der Waals surface area contributed by atoms with E-state index in [0.29, 0.717) is 11.4 Å². The van der Waals surface area contributed by atoms with E-state index in [1.54, 1.807) is 29.1 Å². The molecule has 0 aliphatic heterocycles. The summed E-state index contributed by atoms with van der Waals surface area (Å²) < 4.78 is 40.3. The number of nitrogens with zero attached hydrogens (tertiary/aromatic N) is 2. The highest BCUT2D eigenvalue weighted by atomic mass is 32.2. The van der Waals surface area contributed by atoms with Crippen LogP contribution in [0, 0.1) is 5.82 Å². The molecule has 142 valence electrons. The van der Waals surface area contributed by atoms with Gasteiger partial charge in [0, 0.05) is 17.1 Å². The number of rotatable bonds is 4. The first-order chi connectivity index (χ1) is 13.3. The number of aromatic hydroxyl groups is 1. The van der Waals surface area contributed by atoms with Crippen LogP contribution in [0.5, 0.6) is 5.75 Å². The lowest BCUT2D eigenvalue weighted by molar-refractivity contribution is 0.432. The van der Waals surface area contributed by atoms with Crippen molar-refractivity contribution in [3.63, 3.8) is 0 Å². The van der Waals surface area contributed by atoms with E-state index < -0.39 is 21.6 Å². The van der Waals surface area contributed by atoms with Crippen molar-refractivity contribution in [2.45, 2.75) is 0 Å². The summed E-state index contributed by atoms with van der Waals surface area (Å²) in [5.41, 5.74) is 3.56. The minimum atomic E-state index is -3.36. The predicted octanol–water partition coefficient (Wildman–Crippen LogP) is 3.91. The van der Waals surface area contributed by atoms with Gasteiger partial charge in [0.05, 0.1) is 23.7 Å². The Morgan fingerprint density at radius 2 is 1.82 bits per heavy atom. The van der Waals surface area contributed by atoms with Crippen molar-refractivity contribution in [3.05, 3.63) is 72.7 Å². The lowest BCUT2D eigenvalue weighted by Crippen LogP contribution is -2.09. The van der Waals surface area contributed by atoms with E-state index >= 15 is 0 Å². The smallest absolute Gasteiger partial charge is 0.229 e. The summed E-state index contributed by atoms with van der Waals surface area (Å²) in [5, 5.41) is 14.8. The third kappa shape index (κ3) is 3.54. The second kappa shape index (κ2) is 6.65. The zero-order valence-electron chi connectivity index (χ0n) is 14.8. The number of phenols is 1. The van der Waals surface area contributed by atoms with E-state index in [9.17, 15) is 17.9 Å².